The van der Waals surface area contributed by atoms with E-state index in [1.54, 1.807) is 0 Å². The summed E-state index contributed by atoms with van der Waals surface area (Å²) in [6.07, 6.45) is 3.82. The van der Waals surface area contributed by atoms with Crippen molar-refractivity contribution in [1.29, 1.82) is 0 Å². The van der Waals surface area contributed by atoms with Gasteiger partial charge in [0.1, 0.15) is 0 Å². The van der Waals surface area contributed by atoms with E-state index in [9.17, 15) is 0 Å². The zero-order valence-corrected chi connectivity index (χ0v) is 8.56. The summed E-state index contributed by atoms with van der Waals surface area (Å²) >= 11 is 0. The molecule has 0 aromatic rings. The van der Waals surface area contributed by atoms with Gasteiger partial charge in [-0.25, -0.2) is 0 Å². The van der Waals surface area contributed by atoms with E-state index < -0.39 is 0 Å². The number of hydrogen-bond donors (Lipinski definition) is 1. The predicted molar refractivity (Wildman–Crippen MR) is 53.6 cm³/mol. The summed E-state index contributed by atoms with van der Waals surface area (Å²) in [5.41, 5.74) is 7.05. The van der Waals surface area contributed by atoms with E-state index in [1.807, 2.05) is 0 Å². The molecule has 2 unspecified atom stereocenters. The molecular formula is C11H21N. The smallest absolute Gasteiger partial charge is 0.00391 e. The second-order valence-electron chi connectivity index (χ2n) is 5.15. The van der Waals surface area contributed by atoms with Crippen molar-refractivity contribution in [2.75, 3.05) is 0 Å². The van der Waals surface area contributed by atoms with Crippen LogP contribution in [0.1, 0.15) is 40.0 Å². The molecule has 0 bridgehead atoms. The Morgan fingerprint density at radius 2 is 1.92 bits per heavy atom. The van der Waals surface area contributed by atoms with E-state index >= 15 is 0 Å². The Bertz CT molecular complexity index is 176. The number of hydrogen-bond acceptors (Lipinski definition) is 1. The molecule has 1 saturated carbocycles. The van der Waals surface area contributed by atoms with Crippen LogP contribution in [0, 0.1) is 17.3 Å². The van der Waals surface area contributed by atoms with Crippen LogP contribution >= 0.6 is 0 Å². The van der Waals surface area contributed by atoms with E-state index in [0.29, 0.717) is 11.3 Å². The molecule has 1 rings (SSSR count). The highest BCUT2D eigenvalue weighted by Gasteiger charge is 2.33. The van der Waals surface area contributed by atoms with Crippen molar-refractivity contribution >= 4 is 0 Å². The molecule has 1 nitrogen and oxygen atoms in total. The molecule has 12 heavy (non-hydrogen) atoms. The van der Waals surface area contributed by atoms with Gasteiger partial charge in [-0.15, -0.1) is 0 Å². The maximum atomic E-state index is 5.71. The number of nitrogens with two attached hydrogens (primary N) is 1. The third-order valence-corrected chi connectivity index (χ3v) is 3.18. The average Bonchev–Trinajstić information content (AvgIpc) is 2.30. The first kappa shape index (κ1) is 9.63. The maximum Gasteiger partial charge on any atom is 0.00391 e. The lowest BCUT2D eigenvalue weighted by Gasteiger charge is -2.26. The molecule has 0 aromatic heterocycles. The fraction of sp³-hybridized carbons (Fsp3) is 0.818. The average molecular weight is 167 g/mol. The van der Waals surface area contributed by atoms with Crippen LogP contribution in [0.4, 0.5) is 0 Å². The second kappa shape index (κ2) is 3.12. The molecule has 2 N–H and O–H groups in total. The van der Waals surface area contributed by atoms with Crippen molar-refractivity contribution in [3.05, 3.63) is 12.3 Å². The van der Waals surface area contributed by atoms with Crippen molar-refractivity contribution in [1.82, 2.24) is 0 Å². The topological polar surface area (TPSA) is 26.0 Å². The summed E-state index contributed by atoms with van der Waals surface area (Å²) in [6.45, 7) is 10.8. The monoisotopic (exact) mass is 167 g/mol. The van der Waals surface area contributed by atoms with Gasteiger partial charge in [-0.2, -0.15) is 0 Å². The van der Waals surface area contributed by atoms with Crippen LogP contribution < -0.4 is 5.73 Å². The Balaban J connectivity index is 2.51. The molecule has 70 valence electrons. The van der Waals surface area contributed by atoms with Gasteiger partial charge in [-0.05, 0) is 36.5 Å². The Kier molecular flexibility index (Phi) is 2.50. The van der Waals surface area contributed by atoms with Crippen molar-refractivity contribution in [2.45, 2.75) is 40.0 Å². The lowest BCUT2D eigenvalue weighted by atomic mass is 9.79. The van der Waals surface area contributed by atoms with E-state index in [-0.39, 0.29) is 0 Å². The summed E-state index contributed by atoms with van der Waals surface area (Å²) in [5.74, 6) is 1.43. The van der Waals surface area contributed by atoms with Crippen molar-refractivity contribution < 1.29 is 0 Å². The highest BCUT2D eigenvalue weighted by Crippen LogP contribution is 2.43. The Hall–Kier alpha value is -0.460. The van der Waals surface area contributed by atoms with Crippen LogP contribution in [0.2, 0.25) is 0 Å². The van der Waals surface area contributed by atoms with Crippen LogP contribution in [-0.4, -0.2) is 0 Å². The molecule has 0 heterocycles. The molecule has 0 spiro atoms. The van der Waals surface area contributed by atoms with Gasteiger partial charge in [0.05, 0.1) is 0 Å². The Morgan fingerprint density at radius 3 is 2.17 bits per heavy atom. The molecule has 1 fully saturated rings. The fourth-order valence-corrected chi connectivity index (χ4v) is 2.10. The minimum Gasteiger partial charge on any atom is -0.402 e. The van der Waals surface area contributed by atoms with Gasteiger partial charge >= 0.3 is 0 Å². The van der Waals surface area contributed by atoms with E-state index in [0.717, 1.165) is 11.6 Å². The third-order valence-electron chi connectivity index (χ3n) is 3.18. The minimum atomic E-state index is 0.449. The van der Waals surface area contributed by atoms with Gasteiger partial charge in [0.25, 0.3) is 0 Å². The molecule has 1 aliphatic rings. The minimum absolute atomic E-state index is 0.449. The zero-order chi connectivity index (χ0) is 9.35. The van der Waals surface area contributed by atoms with Crippen molar-refractivity contribution in [3.8, 4) is 0 Å². The summed E-state index contributed by atoms with van der Waals surface area (Å²) in [5, 5.41) is 0. The lowest BCUT2D eigenvalue weighted by Crippen LogP contribution is -2.18. The number of allylic oxidation sites excluding steroid dienone is 1. The van der Waals surface area contributed by atoms with Gasteiger partial charge in [-0.1, -0.05) is 27.4 Å². The predicted octanol–water partition coefficient (Wildman–Crippen LogP) is 2.92. The SMILES string of the molecule is C=C(N)C1CCC(C(C)(C)C)C1. The molecule has 0 aliphatic heterocycles. The largest absolute Gasteiger partial charge is 0.402 e. The second-order valence-corrected chi connectivity index (χ2v) is 5.15. The molecule has 0 radical (unpaired) electrons. The van der Waals surface area contributed by atoms with E-state index in [2.05, 4.69) is 27.4 Å². The lowest BCUT2D eigenvalue weighted by molar-refractivity contribution is 0.242. The van der Waals surface area contributed by atoms with Crippen LogP contribution in [-0.2, 0) is 0 Å². The van der Waals surface area contributed by atoms with Crippen LogP contribution in [0.3, 0.4) is 0 Å². The highest BCUT2D eigenvalue weighted by molar-refractivity contribution is 5.00. The maximum absolute atomic E-state index is 5.71. The van der Waals surface area contributed by atoms with Gasteiger partial charge in [0.15, 0.2) is 0 Å². The normalized spacial score (nSPS) is 30.6. The van der Waals surface area contributed by atoms with Gasteiger partial charge in [-0.3, -0.25) is 0 Å². The summed E-state index contributed by atoms with van der Waals surface area (Å²) in [7, 11) is 0. The van der Waals surface area contributed by atoms with E-state index in [1.165, 1.54) is 19.3 Å². The van der Waals surface area contributed by atoms with Crippen molar-refractivity contribution in [2.24, 2.45) is 23.0 Å². The van der Waals surface area contributed by atoms with Crippen LogP contribution in [0.5, 0.6) is 0 Å². The third kappa shape index (κ3) is 2.02. The van der Waals surface area contributed by atoms with Crippen LogP contribution in [0.15, 0.2) is 12.3 Å². The fourth-order valence-electron chi connectivity index (χ4n) is 2.10. The Morgan fingerprint density at radius 1 is 1.33 bits per heavy atom. The first-order valence-corrected chi connectivity index (χ1v) is 4.85. The molecule has 2 atom stereocenters. The standard InChI is InChI=1S/C11H21N/c1-8(12)9-5-6-10(7-9)11(2,3)4/h9-10H,1,5-7,12H2,2-4H3. The van der Waals surface area contributed by atoms with Gasteiger partial charge in [0, 0.05) is 5.70 Å². The zero-order valence-electron chi connectivity index (χ0n) is 8.56. The Labute approximate surface area is 76.0 Å². The van der Waals surface area contributed by atoms with Crippen LogP contribution in [0.25, 0.3) is 0 Å². The highest BCUT2D eigenvalue weighted by atomic mass is 14.6. The summed E-state index contributed by atoms with van der Waals surface area (Å²) in [6, 6.07) is 0. The molecule has 1 heteroatoms. The summed E-state index contributed by atoms with van der Waals surface area (Å²) in [4.78, 5) is 0. The van der Waals surface area contributed by atoms with Crippen molar-refractivity contribution in [3.63, 3.8) is 0 Å². The quantitative estimate of drug-likeness (QED) is 0.638. The number of rotatable bonds is 1. The molecule has 1 aliphatic carbocycles. The summed E-state index contributed by atoms with van der Waals surface area (Å²) < 4.78 is 0. The molecular weight excluding hydrogens is 146 g/mol. The molecule has 0 saturated heterocycles. The van der Waals surface area contributed by atoms with Gasteiger partial charge < -0.3 is 5.73 Å². The molecule has 0 aromatic carbocycles. The first-order chi connectivity index (χ1) is 5.41. The molecule has 0 amide bonds. The van der Waals surface area contributed by atoms with E-state index in [4.69, 9.17) is 5.73 Å². The van der Waals surface area contributed by atoms with Gasteiger partial charge in [0.2, 0.25) is 0 Å². The first-order valence-electron chi connectivity index (χ1n) is 4.85.